The van der Waals surface area contributed by atoms with Gasteiger partial charge in [-0.3, -0.25) is 15.5 Å². The van der Waals surface area contributed by atoms with E-state index < -0.39 is 16.5 Å². The third kappa shape index (κ3) is 3.92. The third-order valence-electron chi connectivity index (χ3n) is 5.96. The number of aromatic nitrogens is 2. The average Bonchev–Trinajstić information content (AvgIpc) is 3.35. The van der Waals surface area contributed by atoms with Crippen molar-refractivity contribution in [2.45, 2.75) is 5.54 Å². The molecule has 8 heteroatoms. The molecule has 4 aromatic carbocycles. The minimum Gasteiger partial charge on any atom is -0.270 e. The first kappa shape index (κ1) is 22.0. The molecule has 0 aliphatic heterocycles. The lowest BCUT2D eigenvalue weighted by Gasteiger charge is -2.36. The van der Waals surface area contributed by atoms with Crippen LogP contribution in [0.5, 0.6) is 0 Å². The summed E-state index contributed by atoms with van der Waals surface area (Å²) >= 11 is 0. The van der Waals surface area contributed by atoms with Crippen LogP contribution in [0.3, 0.4) is 0 Å². The molecule has 0 atom stereocenters. The van der Waals surface area contributed by atoms with Crippen LogP contribution < -0.4 is 10.9 Å². The highest BCUT2D eigenvalue weighted by atomic mass is 16.6. The van der Waals surface area contributed by atoms with Crippen molar-refractivity contribution in [3.63, 3.8) is 0 Å². The lowest BCUT2D eigenvalue weighted by molar-refractivity contribution is -0.383. The van der Waals surface area contributed by atoms with Gasteiger partial charge in [0.25, 0.3) is 5.69 Å². The second-order valence-electron chi connectivity index (χ2n) is 7.93. The topological polar surface area (TPSA) is 102 Å². The fourth-order valence-corrected chi connectivity index (χ4v) is 4.34. The molecule has 0 aliphatic carbocycles. The smallest absolute Gasteiger partial charge is 0.270 e. The summed E-state index contributed by atoms with van der Waals surface area (Å²) in [5.41, 5.74) is 8.13. The maximum absolute atomic E-state index is 13.3. The molecular weight excluding hydrogens is 442 g/mol. The van der Waals surface area contributed by atoms with Crippen molar-refractivity contribution in [2.24, 2.45) is 0 Å². The van der Waals surface area contributed by atoms with E-state index in [1.54, 1.807) is 6.07 Å². The van der Waals surface area contributed by atoms with Crippen LogP contribution in [0.25, 0.3) is 10.9 Å². The van der Waals surface area contributed by atoms with E-state index in [4.69, 9.17) is 0 Å². The Morgan fingerprint density at radius 3 is 1.77 bits per heavy atom. The van der Waals surface area contributed by atoms with E-state index in [1.807, 2.05) is 91.0 Å². The van der Waals surface area contributed by atoms with Gasteiger partial charge in [-0.05, 0) is 22.8 Å². The van der Waals surface area contributed by atoms with E-state index >= 15 is 0 Å². The van der Waals surface area contributed by atoms with Gasteiger partial charge in [-0.15, -0.1) is 0 Å². The molecule has 1 amide bonds. The second-order valence-corrected chi connectivity index (χ2v) is 7.93. The van der Waals surface area contributed by atoms with Gasteiger partial charge in [0.1, 0.15) is 5.54 Å². The van der Waals surface area contributed by atoms with Crippen molar-refractivity contribution in [3.05, 3.63) is 142 Å². The fraction of sp³-hybridized carbons (Fsp3) is 0.0370. The molecule has 0 bridgehead atoms. The fourth-order valence-electron chi connectivity index (χ4n) is 4.34. The number of nitrogens with one attached hydrogen (secondary N) is 2. The molecule has 1 aromatic heterocycles. The minimum atomic E-state index is -0.922. The molecule has 1 heterocycles. The number of fused-ring (bicyclic) bond motifs is 1. The molecule has 0 radical (unpaired) electrons. The SMILES string of the molecule is O=C(NNC(c1ccccc1)(c1ccccc1)c1ccccc1)n1ncc2c([N+](=O)[O-])cccc21. The Bertz CT molecular complexity index is 1390. The van der Waals surface area contributed by atoms with Crippen molar-refractivity contribution >= 4 is 22.6 Å². The molecule has 8 nitrogen and oxygen atoms in total. The van der Waals surface area contributed by atoms with Gasteiger partial charge in [-0.25, -0.2) is 10.2 Å². The number of nitro benzene ring substituents is 1. The van der Waals surface area contributed by atoms with Crippen LogP contribution in [-0.2, 0) is 5.54 Å². The van der Waals surface area contributed by atoms with Gasteiger partial charge < -0.3 is 0 Å². The highest BCUT2D eigenvalue weighted by Gasteiger charge is 2.37. The molecule has 0 aliphatic rings. The van der Waals surface area contributed by atoms with Crippen molar-refractivity contribution in [3.8, 4) is 0 Å². The maximum Gasteiger partial charge on any atom is 0.356 e. The van der Waals surface area contributed by atoms with Crippen molar-refractivity contribution in [1.82, 2.24) is 20.6 Å². The number of benzene rings is 4. The molecule has 2 N–H and O–H groups in total. The highest BCUT2D eigenvalue weighted by molar-refractivity contribution is 5.94. The number of nitro groups is 1. The highest BCUT2D eigenvalue weighted by Crippen LogP contribution is 2.36. The van der Waals surface area contributed by atoms with Gasteiger partial charge in [-0.1, -0.05) is 97.1 Å². The van der Waals surface area contributed by atoms with Crippen LogP contribution in [-0.4, -0.2) is 20.7 Å². The number of hydrogen-bond acceptors (Lipinski definition) is 5. The lowest BCUT2D eigenvalue weighted by atomic mass is 9.77. The number of carbonyl (C=O) groups excluding carboxylic acids is 1. The number of hydrazine groups is 1. The van der Waals surface area contributed by atoms with Crippen LogP contribution in [0.4, 0.5) is 10.5 Å². The maximum atomic E-state index is 13.3. The first-order chi connectivity index (χ1) is 17.1. The van der Waals surface area contributed by atoms with Gasteiger partial charge in [0, 0.05) is 6.07 Å². The Hall–Kier alpha value is -4.82. The van der Waals surface area contributed by atoms with Gasteiger partial charge in [-0.2, -0.15) is 9.78 Å². The summed E-state index contributed by atoms with van der Waals surface area (Å²) in [6.45, 7) is 0. The average molecular weight is 463 g/mol. The zero-order chi connectivity index (χ0) is 24.3. The van der Waals surface area contributed by atoms with Crippen molar-refractivity contribution < 1.29 is 9.72 Å². The molecule has 35 heavy (non-hydrogen) atoms. The predicted molar refractivity (Wildman–Crippen MR) is 133 cm³/mol. The molecule has 5 rings (SSSR count). The Labute approximate surface area is 201 Å². The number of rotatable bonds is 6. The Morgan fingerprint density at radius 1 is 0.771 bits per heavy atom. The van der Waals surface area contributed by atoms with Crippen LogP contribution in [0.1, 0.15) is 16.7 Å². The van der Waals surface area contributed by atoms with Gasteiger partial charge >= 0.3 is 6.03 Å². The monoisotopic (exact) mass is 463 g/mol. The largest absolute Gasteiger partial charge is 0.356 e. The summed E-state index contributed by atoms with van der Waals surface area (Å²) in [6, 6.07) is 33.4. The predicted octanol–water partition coefficient (Wildman–Crippen LogP) is 5.00. The summed E-state index contributed by atoms with van der Waals surface area (Å²) in [7, 11) is 0. The van der Waals surface area contributed by atoms with E-state index in [0.717, 1.165) is 21.4 Å². The minimum absolute atomic E-state index is 0.110. The van der Waals surface area contributed by atoms with Crippen LogP contribution in [0, 0.1) is 10.1 Å². The summed E-state index contributed by atoms with van der Waals surface area (Å²) in [4.78, 5) is 24.2. The zero-order valence-electron chi connectivity index (χ0n) is 18.5. The van der Waals surface area contributed by atoms with E-state index in [0.29, 0.717) is 5.52 Å². The number of non-ortho nitro benzene ring substituents is 1. The first-order valence-corrected chi connectivity index (χ1v) is 11.0. The molecule has 0 unspecified atom stereocenters. The number of carbonyl (C=O) groups is 1. The van der Waals surface area contributed by atoms with Crippen molar-refractivity contribution in [1.29, 1.82) is 0 Å². The number of amides is 1. The normalized spacial score (nSPS) is 11.3. The summed E-state index contributed by atoms with van der Waals surface area (Å²) < 4.78 is 1.11. The van der Waals surface area contributed by atoms with Crippen LogP contribution in [0.15, 0.2) is 115 Å². The zero-order valence-corrected chi connectivity index (χ0v) is 18.5. The summed E-state index contributed by atoms with van der Waals surface area (Å²) in [5, 5.41) is 15.8. The number of nitrogens with zero attached hydrogens (tertiary/aromatic N) is 3. The van der Waals surface area contributed by atoms with Gasteiger partial charge in [0.05, 0.1) is 22.0 Å². The molecule has 0 saturated heterocycles. The molecule has 5 aromatic rings. The van der Waals surface area contributed by atoms with E-state index in [9.17, 15) is 14.9 Å². The second kappa shape index (κ2) is 9.20. The van der Waals surface area contributed by atoms with Crippen LogP contribution >= 0.6 is 0 Å². The quantitative estimate of drug-likeness (QED) is 0.210. The Balaban J connectivity index is 1.59. The molecular formula is C27H21N5O3. The Kier molecular flexibility index (Phi) is 5.78. The third-order valence-corrected chi connectivity index (χ3v) is 5.96. The Morgan fingerprint density at radius 2 is 1.29 bits per heavy atom. The molecule has 0 fully saturated rings. The first-order valence-electron chi connectivity index (χ1n) is 11.0. The summed E-state index contributed by atoms with van der Waals surface area (Å²) in [5.74, 6) is 0. The lowest BCUT2D eigenvalue weighted by Crippen LogP contribution is -2.54. The summed E-state index contributed by atoms with van der Waals surface area (Å²) in [6.07, 6.45) is 1.33. The van der Waals surface area contributed by atoms with Crippen LogP contribution in [0.2, 0.25) is 0 Å². The molecule has 172 valence electrons. The standard InChI is InChI=1S/C27H21N5O3/c33-26(31-24-17-10-18-25(32(34)35)23(24)19-28-31)29-30-27(20-11-4-1-5-12-20,21-13-6-2-7-14-21)22-15-8-3-9-16-22/h1-19,30H,(H,29,33). The van der Waals surface area contributed by atoms with Gasteiger partial charge in [0.15, 0.2) is 0 Å². The van der Waals surface area contributed by atoms with E-state index in [-0.39, 0.29) is 11.1 Å². The molecule has 0 spiro atoms. The van der Waals surface area contributed by atoms with E-state index in [1.165, 1.54) is 18.3 Å². The number of hydrogen-bond donors (Lipinski definition) is 2. The van der Waals surface area contributed by atoms with Gasteiger partial charge in [0.2, 0.25) is 0 Å². The van der Waals surface area contributed by atoms with E-state index in [2.05, 4.69) is 16.0 Å². The van der Waals surface area contributed by atoms with Crippen molar-refractivity contribution in [2.75, 3.05) is 0 Å². The molecule has 0 saturated carbocycles.